The molecule has 46 heavy (non-hydrogen) atoms. The van der Waals surface area contributed by atoms with Gasteiger partial charge in [0.25, 0.3) is 5.96 Å². The highest BCUT2D eigenvalue weighted by Gasteiger charge is 2.68. The maximum absolute atomic E-state index is 13.7. The van der Waals surface area contributed by atoms with Crippen LogP contribution in [0.2, 0.25) is 0 Å². The minimum Gasteiger partial charge on any atom is -0.404 e. The van der Waals surface area contributed by atoms with Crippen LogP contribution in [-0.4, -0.2) is 80.9 Å². The molecule has 0 aromatic rings. The number of hydrogen-bond acceptors (Lipinski definition) is 9. The van der Waals surface area contributed by atoms with Crippen molar-refractivity contribution in [2.45, 2.75) is 123 Å². The Morgan fingerprint density at radius 3 is 2.48 bits per heavy atom. The molecule has 3 saturated carbocycles. The number of sulfonamides is 1. The molecule has 1 heterocycles. The fourth-order valence-corrected chi connectivity index (χ4v) is 7.84. The standard InChI is InChI=1S/C29H54BN7O8S/c1-7-46(42,43)33-15-10-8-9-13-25(38)34-21(12-11-14-32-27(31)36-37(40)41)26(39)35-24(16-19(2)3)30-44-23-18-20-17-22(28(20,4)5)29(23,6)45-30/h19-24,33H,7-18H2,1-6H3,(H,34,38)(H,35,39)(H3,31,32,36)/t20-,21+,22-,23-,24+,29+/m1/s1. The zero-order chi connectivity index (χ0) is 34.3. The largest absolute Gasteiger partial charge is 0.481 e. The van der Waals surface area contributed by atoms with Gasteiger partial charge in [-0.05, 0) is 82.0 Å². The first kappa shape index (κ1) is 38.0. The van der Waals surface area contributed by atoms with E-state index < -0.39 is 39.8 Å². The number of nitro groups is 1. The van der Waals surface area contributed by atoms with Gasteiger partial charge in [0.05, 0.1) is 23.4 Å². The maximum atomic E-state index is 13.7. The predicted molar refractivity (Wildman–Crippen MR) is 175 cm³/mol. The van der Waals surface area contributed by atoms with Crippen molar-refractivity contribution in [2.24, 2.45) is 33.9 Å². The van der Waals surface area contributed by atoms with Gasteiger partial charge in [-0.25, -0.2) is 28.2 Å². The highest BCUT2D eigenvalue weighted by Crippen LogP contribution is 2.65. The Balaban J connectivity index is 1.62. The second-order valence-electron chi connectivity index (χ2n) is 14.1. The van der Waals surface area contributed by atoms with Crippen LogP contribution in [0.4, 0.5) is 0 Å². The van der Waals surface area contributed by atoms with E-state index in [1.807, 2.05) is 0 Å². The number of hydrogen-bond donors (Lipinski definition) is 5. The SMILES string of the molecule is CCS(=O)(=O)NCCCCCC(=O)N[C@@H](CCCN=C(N)N[N+](=O)[O-])C(=O)N[C@@H](CC(C)C)B1O[C@@H]2C[C@H]3C[C@H](C3(C)C)[C@]2(C)O1. The van der Waals surface area contributed by atoms with E-state index in [0.717, 1.165) is 12.8 Å². The van der Waals surface area contributed by atoms with E-state index in [9.17, 15) is 28.1 Å². The van der Waals surface area contributed by atoms with Gasteiger partial charge >= 0.3 is 7.12 Å². The molecule has 0 unspecified atom stereocenters. The van der Waals surface area contributed by atoms with Crippen molar-refractivity contribution in [1.29, 1.82) is 0 Å². The number of nitrogens with zero attached hydrogens (tertiary/aromatic N) is 2. The maximum Gasteiger partial charge on any atom is 0.481 e. The van der Waals surface area contributed by atoms with Crippen LogP contribution >= 0.6 is 0 Å². The molecule has 15 nitrogen and oxygen atoms in total. The number of aliphatic imine (C=N–C) groups is 1. The lowest BCUT2D eigenvalue weighted by Gasteiger charge is -2.64. The van der Waals surface area contributed by atoms with Crippen LogP contribution < -0.4 is 26.5 Å². The smallest absolute Gasteiger partial charge is 0.404 e. The molecule has 0 aromatic carbocycles. The molecule has 3 aliphatic carbocycles. The Labute approximate surface area is 273 Å². The number of carbonyl (C=O) groups is 2. The zero-order valence-electron chi connectivity index (χ0n) is 28.2. The Hall–Kier alpha value is -2.50. The first-order chi connectivity index (χ1) is 21.5. The van der Waals surface area contributed by atoms with Gasteiger partial charge in [0.2, 0.25) is 21.8 Å². The fraction of sp³-hybridized carbons (Fsp3) is 0.897. The first-order valence-corrected chi connectivity index (χ1v) is 18.2. The van der Waals surface area contributed by atoms with Crippen LogP contribution in [0.3, 0.4) is 0 Å². The second-order valence-corrected chi connectivity index (χ2v) is 16.2. The number of hydrazine groups is 1. The molecule has 2 bridgehead atoms. The molecule has 0 aromatic heterocycles. The van der Waals surface area contributed by atoms with E-state index in [0.29, 0.717) is 50.5 Å². The molecule has 4 aliphatic rings. The minimum absolute atomic E-state index is 0.0130. The number of nitrogens with two attached hydrogens (primary N) is 1. The summed E-state index contributed by atoms with van der Waals surface area (Å²) < 4.78 is 38.8. The molecular formula is C29H54BN7O8S. The van der Waals surface area contributed by atoms with Crippen molar-refractivity contribution >= 4 is 34.9 Å². The third kappa shape index (κ3) is 10.0. The van der Waals surface area contributed by atoms with Gasteiger partial charge < -0.3 is 25.7 Å². The number of guanidine groups is 1. The summed E-state index contributed by atoms with van der Waals surface area (Å²) in [4.78, 5) is 41.2. The van der Waals surface area contributed by atoms with Crippen LogP contribution in [0.5, 0.6) is 0 Å². The van der Waals surface area contributed by atoms with Gasteiger partial charge in [0.15, 0.2) is 5.03 Å². The summed E-state index contributed by atoms with van der Waals surface area (Å²) in [6.07, 6.45) is 5.11. The number of unbranched alkanes of at least 4 members (excludes halogenated alkanes) is 2. The van der Waals surface area contributed by atoms with Gasteiger partial charge in [-0.15, -0.1) is 0 Å². The van der Waals surface area contributed by atoms with Crippen molar-refractivity contribution in [1.82, 2.24) is 20.8 Å². The Bertz CT molecular complexity index is 1220. The van der Waals surface area contributed by atoms with Gasteiger partial charge in [-0.2, -0.15) is 0 Å². The average Bonchev–Trinajstić information content (AvgIpc) is 3.32. The zero-order valence-corrected chi connectivity index (χ0v) is 29.0. The number of carbonyl (C=O) groups excluding carboxylic acids is 2. The minimum atomic E-state index is -3.26. The summed E-state index contributed by atoms with van der Waals surface area (Å²) in [5.74, 6) is -0.237. The van der Waals surface area contributed by atoms with E-state index in [2.05, 4.69) is 55.0 Å². The fourth-order valence-electron chi connectivity index (χ4n) is 7.18. The van der Waals surface area contributed by atoms with Crippen LogP contribution in [-0.2, 0) is 28.9 Å². The van der Waals surface area contributed by atoms with Crippen LogP contribution in [0.1, 0.15) is 99.3 Å². The van der Waals surface area contributed by atoms with Gasteiger partial charge in [0.1, 0.15) is 6.04 Å². The summed E-state index contributed by atoms with van der Waals surface area (Å²) in [7, 11) is -3.87. The van der Waals surface area contributed by atoms with Gasteiger partial charge in [-0.1, -0.05) is 39.5 Å². The number of amides is 2. The Kier molecular flexibility index (Phi) is 13.3. The van der Waals surface area contributed by atoms with Crippen molar-refractivity contribution < 1.29 is 32.3 Å². The molecular weight excluding hydrogens is 617 g/mol. The molecule has 17 heteroatoms. The van der Waals surface area contributed by atoms with Crippen molar-refractivity contribution in [3.05, 3.63) is 10.1 Å². The van der Waals surface area contributed by atoms with E-state index in [1.165, 1.54) is 0 Å². The summed E-state index contributed by atoms with van der Waals surface area (Å²) in [6, 6.07) is -0.885. The normalized spacial score (nSPS) is 26.5. The Morgan fingerprint density at radius 1 is 1.13 bits per heavy atom. The van der Waals surface area contributed by atoms with E-state index in [1.54, 1.807) is 12.3 Å². The summed E-state index contributed by atoms with van der Waals surface area (Å²) >= 11 is 0. The van der Waals surface area contributed by atoms with Crippen LogP contribution in [0.25, 0.3) is 0 Å². The van der Waals surface area contributed by atoms with Gasteiger partial charge in [0, 0.05) is 19.5 Å². The summed E-state index contributed by atoms with van der Waals surface area (Å²) in [5, 5.41) is 15.7. The predicted octanol–water partition coefficient (Wildman–Crippen LogP) is 1.65. The molecule has 6 atom stereocenters. The molecule has 6 N–H and O–H groups in total. The second kappa shape index (κ2) is 16.1. The third-order valence-corrected chi connectivity index (χ3v) is 11.3. The summed E-state index contributed by atoms with van der Waals surface area (Å²) in [6.45, 7) is 12.8. The number of nitrogens with one attached hydrogen (secondary N) is 4. The lowest BCUT2D eigenvalue weighted by atomic mass is 9.43. The molecule has 4 rings (SSSR count). The van der Waals surface area contributed by atoms with Gasteiger partial charge in [-0.3, -0.25) is 9.59 Å². The molecule has 0 radical (unpaired) electrons. The lowest BCUT2D eigenvalue weighted by Crippen LogP contribution is -2.65. The highest BCUT2D eigenvalue weighted by molar-refractivity contribution is 7.89. The van der Waals surface area contributed by atoms with Crippen molar-refractivity contribution in [3.8, 4) is 0 Å². The van der Waals surface area contributed by atoms with E-state index >= 15 is 0 Å². The average molecular weight is 672 g/mol. The highest BCUT2D eigenvalue weighted by atomic mass is 32.2. The van der Waals surface area contributed by atoms with E-state index in [-0.39, 0.29) is 60.4 Å². The quantitative estimate of drug-likeness (QED) is 0.0334. The topological polar surface area (TPSA) is 216 Å². The number of rotatable bonds is 19. The third-order valence-electron chi connectivity index (χ3n) is 9.92. The molecule has 0 spiro atoms. The lowest BCUT2D eigenvalue weighted by molar-refractivity contribution is -0.525. The van der Waals surface area contributed by atoms with Crippen molar-refractivity contribution in [2.75, 3.05) is 18.8 Å². The monoisotopic (exact) mass is 671 g/mol. The molecule has 2 amide bonds. The molecule has 1 aliphatic heterocycles. The molecule has 1 saturated heterocycles. The first-order valence-electron chi connectivity index (χ1n) is 16.6. The molecule has 4 fully saturated rings. The van der Waals surface area contributed by atoms with Crippen LogP contribution in [0.15, 0.2) is 4.99 Å². The van der Waals surface area contributed by atoms with E-state index in [4.69, 9.17) is 15.0 Å². The summed E-state index contributed by atoms with van der Waals surface area (Å²) in [5.41, 5.74) is 7.04. The Morgan fingerprint density at radius 2 is 1.85 bits per heavy atom. The molecule has 262 valence electrons. The van der Waals surface area contributed by atoms with Crippen LogP contribution in [0, 0.1) is 33.3 Å². The van der Waals surface area contributed by atoms with Crippen molar-refractivity contribution in [3.63, 3.8) is 0 Å².